The Morgan fingerprint density at radius 3 is 2.82 bits per heavy atom. The van der Waals surface area contributed by atoms with Gasteiger partial charge in [0.05, 0.1) is 0 Å². The van der Waals surface area contributed by atoms with Crippen molar-refractivity contribution in [3.63, 3.8) is 0 Å². The summed E-state index contributed by atoms with van der Waals surface area (Å²) in [5.41, 5.74) is 0. The van der Waals surface area contributed by atoms with E-state index in [1.54, 1.807) is 12.5 Å². The Bertz CT molecular complexity index is 162. The zero-order chi connectivity index (χ0) is 7.68. The number of rotatable bonds is 3. The van der Waals surface area contributed by atoms with Gasteiger partial charge in [0.2, 0.25) is 0 Å². The summed E-state index contributed by atoms with van der Waals surface area (Å²) < 4.78 is 0. The van der Waals surface area contributed by atoms with Crippen LogP contribution in [-0.2, 0) is 0 Å². The van der Waals surface area contributed by atoms with Crippen molar-refractivity contribution in [1.82, 2.24) is 0 Å². The lowest BCUT2D eigenvalue weighted by Gasteiger charge is -2.16. The van der Waals surface area contributed by atoms with Crippen LogP contribution >= 0.6 is 0 Å². The normalized spacial score (nSPS) is 41.4. The fraction of sp³-hybridized carbons (Fsp3) is 0.800. The monoisotopic (exact) mass is 166 g/mol. The zero-order valence-electron chi connectivity index (χ0n) is 7.42. The third kappa shape index (κ3) is 1.44. The molecule has 1 saturated carbocycles. The van der Waals surface area contributed by atoms with Gasteiger partial charge in [-0.15, -0.1) is 0 Å². The van der Waals surface area contributed by atoms with E-state index in [9.17, 15) is 0 Å². The molecule has 11 heavy (non-hydrogen) atoms. The van der Waals surface area contributed by atoms with Crippen LogP contribution in [0.4, 0.5) is 0 Å². The molecular weight excluding hydrogens is 148 g/mol. The highest BCUT2D eigenvalue weighted by Gasteiger charge is 2.34. The second-order valence-corrected chi connectivity index (χ2v) is 5.89. The molecule has 0 radical (unpaired) electrons. The molecule has 0 nitrogen and oxygen atoms in total. The Labute approximate surface area is 71.9 Å². The van der Waals surface area contributed by atoms with Crippen molar-refractivity contribution in [1.29, 1.82) is 0 Å². The first-order valence-electron chi connectivity index (χ1n) is 5.08. The van der Waals surface area contributed by atoms with E-state index in [4.69, 9.17) is 0 Å². The molecule has 2 rings (SSSR count). The summed E-state index contributed by atoms with van der Waals surface area (Å²) in [7, 11) is 0.341. The average molecular weight is 166 g/mol. The van der Waals surface area contributed by atoms with Gasteiger partial charge in [0, 0.05) is 9.52 Å². The first kappa shape index (κ1) is 7.60. The summed E-state index contributed by atoms with van der Waals surface area (Å²) in [6.07, 6.45) is 9.50. The summed E-state index contributed by atoms with van der Waals surface area (Å²) >= 11 is 0. The molecule has 1 heteroatoms. The van der Waals surface area contributed by atoms with Gasteiger partial charge in [-0.2, -0.15) is 0 Å². The molecule has 0 aromatic carbocycles. The molecule has 0 amide bonds. The first-order chi connectivity index (χ1) is 5.40. The lowest BCUT2D eigenvalue weighted by atomic mass is 9.91. The van der Waals surface area contributed by atoms with Crippen molar-refractivity contribution in [3.05, 3.63) is 12.2 Å². The van der Waals surface area contributed by atoms with Crippen LogP contribution in [0.25, 0.3) is 0 Å². The SMILES string of the molecule is C[SiH2]CCC1CC2C=CC1C2. The van der Waals surface area contributed by atoms with E-state index in [1.807, 2.05) is 0 Å². The Hall–Kier alpha value is -0.0431. The molecule has 0 spiro atoms. The van der Waals surface area contributed by atoms with Crippen LogP contribution in [0, 0.1) is 17.8 Å². The van der Waals surface area contributed by atoms with Crippen LogP contribution < -0.4 is 0 Å². The van der Waals surface area contributed by atoms with Gasteiger partial charge in [-0.05, 0) is 30.6 Å². The maximum absolute atomic E-state index is 2.48. The summed E-state index contributed by atoms with van der Waals surface area (Å²) in [4.78, 5) is 0. The lowest BCUT2D eigenvalue weighted by molar-refractivity contribution is 0.434. The van der Waals surface area contributed by atoms with Gasteiger partial charge in [0.15, 0.2) is 0 Å². The molecule has 3 atom stereocenters. The molecule has 2 aliphatic carbocycles. The molecule has 3 unspecified atom stereocenters. The third-order valence-electron chi connectivity index (χ3n) is 3.34. The molecule has 0 aromatic rings. The van der Waals surface area contributed by atoms with Gasteiger partial charge in [-0.25, -0.2) is 0 Å². The van der Waals surface area contributed by atoms with E-state index in [0.29, 0.717) is 9.52 Å². The largest absolute Gasteiger partial charge is 0.0851 e. The number of fused-ring (bicyclic) bond motifs is 2. The fourth-order valence-corrected chi connectivity index (χ4v) is 3.63. The summed E-state index contributed by atoms with van der Waals surface area (Å²) in [6.45, 7) is 2.43. The van der Waals surface area contributed by atoms with Crippen molar-refractivity contribution in [3.8, 4) is 0 Å². The molecule has 62 valence electrons. The van der Waals surface area contributed by atoms with Gasteiger partial charge >= 0.3 is 0 Å². The summed E-state index contributed by atoms with van der Waals surface area (Å²) in [5.74, 6) is 3.08. The predicted octanol–water partition coefficient (Wildman–Crippen LogP) is 2.22. The second kappa shape index (κ2) is 3.14. The Balaban J connectivity index is 1.84. The lowest BCUT2D eigenvalue weighted by Crippen LogP contribution is -2.06. The van der Waals surface area contributed by atoms with Gasteiger partial charge < -0.3 is 0 Å². The highest BCUT2D eigenvalue weighted by atomic mass is 28.2. The van der Waals surface area contributed by atoms with E-state index in [0.717, 1.165) is 17.8 Å². The van der Waals surface area contributed by atoms with E-state index in [-0.39, 0.29) is 0 Å². The van der Waals surface area contributed by atoms with Gasteiger partial charge in [0.1, 0.15) is 0 Å². The molecule has 0 saturated heterocycles. The zero-order valence-corrected chi connectivity index (χ0v) is 8.84. The van der Waals surface area contributed by atoms with E-state index >= 15 is 0 Å². The minimum absolute atomic E-state index is 0.341. The molecule has 2 bridgehead atoms. The number of hydrogen-bond acceptors (Lipinski definition) is 0. The Morgan fingerprint density at radius 2 is 2.27 bits per heavy atom. The minimum Gasteiger partial charge on any atom is -0.0851 e. The smallest absolute Gasteiger partial charge is 0.0166 e. The fourth-order valence-electron chi connectivity index (χ4n) is 2.69. The van der Waals surface area contributed by atoms with E-state index in [1.165, 1.54) is 12.8 Å². The molecule has 0 aromatic heterocycles. The highest BCUT2D eigenvalue weighted by molar-refractivity contribution is 6.33. The molecule has 2 aliphatic rings. The maximum atomic E-state index is 2.48. The Kier molecular flexibility index (Phi) is 2.17. The second-order valence-electron chi connectivity index (χ2n) is 4.18. The number of allylic oxidation sites excluding steroid dienone is 2. The molecular formula is C10H18Si. The molecule has 1 fully saturated rings. The van der Waals surface area contributed by atoms with Crippen LogP contribution in [0.15, 0.2) is 12.2 Å². The van der Waals surface area contributed by atoms with Crippen LogP contribution in [0.5, 0.6) is 0 Å². The van der Waals surface area contributed by atoms with Gasteiger partial charge in [-0.3, -0.25) is 0 Å². The van der Waals surface area contributed by atoms with Crippen LogP contribution in [0.3, 0.4) is 0 Å². The van der Waals surface area contributed by atoms with Crippen molar-refractivity contribution in [2.45, 2.75) is 31.9 Å². The van der Waals surface area contributed by atoms with E-state index < -0.39 is 0 Å². The first-order valence-corrected chi connectivity index (χ1v) is 7.50. The molecule has 0 aliphatic heterocycles. The standard InChI is InChI=1S/C10H18Si/c1-11-5-4-10-7-8-2-3-9(10)6-8/h2-3,8-10H,4-7,11H2,1H3. The summed E-state index contributed by atoms with van der Waals surface area (Å²) in [5, 5.41) is 0. The van der Waals surface area contributed by atoms with Gasteiger partial charge in [0.25, 0.3) is 0 Å². The van der Waals surface area contributed by atoms with E-state index in [2.05, 4.69) is 18.7 Å². The van der Waals surface area contributed by atoms with Crippen molar-refractivity contribution >= 4 is 9.52 Å². The van der Waals surface area contributed by atoms with Crippen LogP contribution in [-0.4, -0.2) is 9.52 Å². The minimum atomic E-state index is 0.341. The van der Waals surface area contributed by atoms with Crippen molar-refractivity contribution in [2.75, 3.05) is 0 Å². The predicted molar refractivity (Wildman–Crippen MR) is 52.7 cm³/mol. The van der Waals surface area contributed by atoms with Crippen molar-refractivity contribution in [2.24, 2.45) is 17.8 Å². The number of hydrogen-bond donors (Lipinski definition) is 0. The van der Waals surface area contributed by atoms with Crippen LogP contribution in [0.2, 0.25) is 12.6 Å². The van der Waals surface area contributed by atoms with Crippen molar-refractivity contribution < 1.29 is 0 Å². The van der Waals surface area contributed by atoms with Gasteiger partial charge in [-0.1, -0.05) is 31.2 Å². The highest BCUT2D eigenvalue weighted by Crippen LogP contribution is 2.45. The maximum Gasteiger partial charge on any atom is 0.0166 e. The quantitative estimate of drug-likeness (QED) is 0.445. The molecule has 0 heterocycles. The molecule has 0 N–H and O–H groups in total. The van der Waals surface area contributed by atoms with Crippen LogP contribution in [0.1, 0.15) is 19.3 Å². The average Bonchev–Trinajstić information content (AvgIpc) is 2.60. The Morgan fingerprint density at radius 1 is 1.36 bits per heavy atom. The third-order valence-corrected chi connectivity index (χ3v) is 4.46. The summed E-state index contributed by atoms with van der Waals surface area (Å²) in [6, 6.07) is 1.59. The topological polar surface area (TPSA) is 0 Å².